The van der Waals surface area contributed by atoms with E-state index in [9.17, 15) is 14.4 Å². The summed E-state index contributed by atoms with van der Waals surface area (Å²) in [6.07, 6.45) is 6.01. The molecule has 31 heavy (non-hydrogen) atoms. The molecule has 1 N–H and O–H groups in total. The molecule has 2 atom stereocenters. The van der Waals surface area contributed by atoms with Crippen LogP contribution in [0.15, 0.2) is 54.9 Å². The number of amides is 2. The first-order valence-electron chi connectivity index (χ1n) is 10.7. The molecule has 7 nitrogen and oxygen atoms in total. The Kier molecular flexibility index (Phi) is 8.15. The van der Waals surface area contributed by atoms with Crippen molar-refractivity contribution >= 4 is 17.8 Å². The number of aromatic nitrogens is 1. The highest BCUT2D eigenvalue weighted by atomic mass is 16.5. The lowest BCUT2D eigenvalue weighted by Crippen LogP contribution is -2.44. The number of benzene rings is 1. The van der Waals surface area contributed by atoms with Crippen LogP contribution < -0.4 is 5.32 Å². The van der Waals surface area contributed by atoms with E-state index in [0.717, 1.165) is 30.5 Å². The van der Waals surface area contributed by atoms with Gasteiger partial charge in [0.1, 0.15) is 0 Å². The quantitative estimate of drug-likeness (QED) is 0.627. The van der Waals surface area contributed by atoms with Crippen molar-refractivity contribution in [3.8, 4) is 0 Å². The molecule has 1 aromatic heterocycles. The van der Waals surface area contributed by atoms with Crippen molar-refractivity contribution in [3.05, 3.63) is 66.0 Å². The van der Waals surface area contributed by atoms with Gasteiger partial charge in [-0.2, -0.15) is 0 Å². The monoisotopic (exact) mass is 423 g/mol. The highest BCUT2D eigenvalue weighted by Gasteiger charge is 2.31. The SMILES string of the molecule is COC(=O)CC(NC(=O)CC1CCCN(CCc2ccncc2)C1=O)c1ccccc1. The summed E-state index contributed by atoms with van der Waals surface area (Å²) >= 11 is 0. The minimum Gasteiger partial charge on any atom is -0.469 e. The van der Waals surface area contributed by atoms with Gasteiger partial charge in [0.05, 0.1) is 19.6 Å². The Labute approximate surface area is 182 Å². The number of pyridine rings is 1. The van der Waals surface area contributed by atoms with E-state index >= 15 is 0 Å². The number of ether oxygens (including phenoxy) is 1. The Morgan fingerprint density at radius 1 is 1.19 bits per heavy atom. The molecule has 0 spiro atoms. The molecular weight excluding hydrogens is 394 g/mol. The zero-order valence-electron chi connectivity index (χ0n) is 17.8. The molecule has 1 aliphatic rings. The van der Waals surface area contributed by atoms with Crippen molar-refractivity contribution in [1.82, 2.24) is 15.2 Å². The molecule has 2 aromatic rings. The number of piperidine rings is 1. The predicted octanol–water partition coefficient (Wildman–Crippen LogP) is 2.67. The topological polar surface area (TPSA) is 88.6 Å². The molecule has 1 aliphatic heterocycles. The van der Waals surface area contributed by atoms with Crippen molar-refractivity contribution in [3.63, 3.8) is 0 Å². The van der Waals surface area contributed by atoms with Gasteiger partial charge in [-0.05, 0) is 42.5 Å². The number of carbonyl (C=O) groups is 3. The molecule has 164 valence electrons. The maximum absolute atomic E-state index is 12.9. The standard InChI is InChI=1S/C24H29N3O4/c1-31-23(29)17-21(19-6-3-2-4-7-19)26-22(28)16-20-8-5-14-27(24(20)30)15-11-18-9-12-25-13-10-18/h2-4,6-7,9-10,12-13,20-21H,5,8,11,14-17H2,1H3,(H,26,28). The first-order chi connectivity index (χ1) is 15.1. The number of likely N-dealkylation sites (tertiary alicyclic amines) is 1. The van der Waals surface area contributed by atoms with Crippen LogP contribution in [0.1, 0.15) is 42.9 Å². The second-order valence-corrected chi connectivity index (χ2v) is 7.79. The summed E-state index contributed by atoms with van der Waals surface area (Å²) in [4.78, 5) is 43.4. The summed E-state index contributed by atoms with van der Waals surface area (Å²) in [5.41, 5.74) is 1.96. The summed E-state index contributed by atoms with van der Waals surface area (Å²) in [7, 11) is 1.33. The van der Waals surface area contributed by atoms with E-state index in [0.29, 0.717) is 13.0 Å². The lowest BCUT2D eigenvalue weighted by molar-refractivity contribution is -0.143. The molecule has 0 radical (unpaired) electrons. The van der Waals surface area contributed by atoms with Gasteiger partial charge < -0.3 is 15.0 Å². The molecular formula is C24H29N3O4. The van der Waals surface area contributed by atoms with E-state index in [-0.39, 0.29) is 30.6 Å². The molecule has 0 bridgehead atoms. The van der Waals surface area contributed by atoms with E-state index in [1.54, 1.807) is 12.4 Å². The van der Waals surface area contributed by atoms with Crippen LogP contribution in [-0.4, -0.2) is 47.9 Å². The Balaban J connectivity index is 1.57. The van der Waals surface area contributed by atoms with E-state index in [1.807, 2.05) is 47.4 Å². The molecule has 3 rings (SSSR count). The van der Waals surface area contributed by atoms with Crippen molar-refractivity contribution in [2.45, 2.75) is 38.1 Å². The Bertz CT molecular complexity index is 873. The third-order valence-electron chi connectivity index (χ3n) is 5.63. The molecule has 1 aromatic carbocycles. The normalized spacial score (nSPS) is 17.1. The van der Waals surface area contributed by atoms with Crippen LogP contribution in [0.25, 0.3) is 0 Å². The van der Waals surface area contributed by atoms with Gasteiger partial charge >= 0.3 is 5.97 Å². The van der Waals surface area contributed by atoms with Gasteiger partial charge in [0.25, 0.3) is 0 Å². The number of methoxy groups -OCH3 is 1. The summed E-state index contributed by atoms with van der Waals surface area (Å²) in [5, 5.41) is 2.92. The first kappa shape index (κ1) is 22.5. The van der Waals surface area contributed by atoms with Gasteiger partial charge in [-0.15, -0.1) is 0 Å². The number of nitrogens with zero attached hydrogens (tertiary/aromatic N) is 2. The highest BCUT2D eigenvalue weighted by molar-refractivity contribution is 5.86. The third kappa shape index (κ3) is 6.64. The fourth-order valence-electron chi connectivity index (χ4n) is 3.91. The molecule has 1 saturated heterocycles. The second kappa shape index (κ2) is 11.2. The number of esters is 1. The summed E-state index contributed by atoms with van der Waals surface area (Å²) in [6, 6.07) is 12.7. The van der Waals surface area contributed by atoms with Crippen molar-refractivity contribution < 1.29 is 19.1 Å². The molecule has 2 heterocycles. The lowest BCUT2D eigenvalue weighted by atomic mass is 9.92. The van der Waals surface area contributed by atoms with Crippen molar-refractivity contribution in [2.24, 2.45) is 5.92 Å². The van der Waals surface area contributed by atoms with Crippen molar-refractivity contribution in [2.75, 3.05) is 20.2 Å². The number of rotatable bonds is 9. The minimum atomic E-state index is -0.484. The summed E-state index contributed by atoms with van der Waals surface area (Å²) < 4.78 is 4.77. The van der Waals surface area contributed by atoms with E-state index in [4.69, 9.17) is 4.74 Å². The molecule has 2 amide bonds. The van der Waals surface area contributed by atoms with Gasteiger partial charge in [-0.25, -0.2) is 0 Å². The van der Waals surface area contributed by atoms with Crippen LogP contribution in [0, 0.1) is 5.92 Å². The Hall–Kier alpha value is -3.22. The van der Waals surface area contributed by atoms with Crippen LogP contribution in [0.2, 0.25) is 0 Å². The van der Waals surface area contributed by atoms with Gasteiger partial charge in [0, 0.05) is 37.8 Å². The van der Waals surface area contributed by atoms with E-state index < -0.39 is 12.0 Å². The van der Waals surface area contributed by atoms with Crippen LogP contribution in [0.4, 0.5) is 0 Å². The fraction of sp³-hybridized carbons (Fsp3) is 0.417. The number of hydrogen-bond acceptors (Lipinski definition) is 5. The maximum Gasteiger partial charge on any atom is 0.307 e. The van der Waals surface area contributed by atoms with E-state index in [2.05, 4.69) is 10.3 Å². The van der Waals surface area contributed by atoms with Gasteiger partial charge in [-0.1, -0.05) is 30.3 Å². The van der Waals surface area contributed by atoms with Crippen LogP contribution in [0.5, 0.6) is 0 Å². The van der Waals surface area contributed by atoms with Crippen molar-refractivity contribution in [1.29, 1.82) is 0 Å². The number of nitrogens with one attached hydrogen (secondary N) is 1. The average Bonchev–Trinajstić information content (AvgIpc) is 2.80. The van der Waals surface area contributed by atoms with Crippen LogP contribution in [0.3, 0.4) is 0 Å². The molecule has 7 heteroatoms. The number of hydrogen-bond donors (Lipinski definition) is 1. The second-order valence-electron chi connectivity index (χ2n) is 7.79. The smallest absolute Gasteiger partial charge is 0.307 e. The molecule has 1 fully saturated rings. The minimum absolute atomic E-state index is 0.0275. The Morgan fingerprint density at radius 2 is 1.94 bits per heavy atom. The zero-order valence-corrected chi connectivity index (χ0v) is 17.8. The van der Waals surface area contributed by atoms with Crippen LogP contribution >= 0.6 is 0 Å². The largest absolute Gasteiger partial charge is 0.469 e. The zero-order chi connectivity index (χ0) is 22.1. The lowest BCUT2D eigenvalue weighted by Gasteiger charge is -2.32. The van der Waals surface area contributed by atoms with Gasteiger partial charge in [0.15, 0.2) is 0 Å². The summed E-state index contributed by atoms with van der Waals surface area (Å²) in [6.45, 7) is 1.35. The van der Waals surface area contributed by atoms with Gasteiger partial charge in [0.2, 0.25) is 11.8 Å². The number of carbonyl (C=O) groups excluding carboxylic acids is 3. The fourth-order valence-corrected chi connectivity index (χ4v) is 3.91. The Morgan fingerprint density at radius 3 is 2.65 bits per heavy atom. The van der Waals surface area contributed by atoms with Gasteiger partial charge in [-0.3, -0.25) is 19.4 Å². The highest BCUT2D eigenvalue weighted by Crippen LogP contribution is 2.23. The summed E-state index contributed by atoms with van der Waals surface area (Å²) in [5.74, 6) is -0.933. The van der Waals surface area contributed by atoms with Crippen LogP contribution in [-0.2, 0) is 25.5 Å². The maximum atomic E-state index is 12.9. The molecule has 2 unspecified atom stereocenters. The third-order valence-corrected chi connectivity index (χ3v) is 5.63. The first-order valence-corrected chi connectivity index (χ1v) is 10.7. The predicted molar refractivity (Wildman–Crippen MR) is 116 cm³/mol. The molecule has 0 aliphatic carbocycles. The molecule has 0 saturated carbocycles. The van der Waals surface area contributed by atoms with E-state index in [1.165, 1.54) is 7.11 Å². The average molecular weight is 424 g/mol.